The third kappa shape index (κ3) is 4.86. The molecule has 0 bridgehead atoms. The first-order valence-electron chi connectivity index (χ1n) is 7.99. The zero-order valence-electron chi connectivity index (χ0n) is 13.5. The maximum atomic E-state index is 12.3. The lowest BCUT2D eigenvalue weighted by molar-refractivity contribution is -0.138. The number of hydrogen-bond donors (Lipinski definition) is 1. The maximum Gasteiger partial charge on any atom is 0.261 e. The molecule has 1 N–H and O–H groups in total. The topological polar surface area (TPSA) is 58.6 Å². The van der Waals surface area contributed by atoms with Gasteiger partial charge in [0.1, 0.15) is 11.8 Å². The number of halogens is 1. The molecule has 1 aliphatic rings. The van der Waals surface area contributed by atoms with Crippen molar-refractivity contribution in [2.24, 2.45) is 0 Å². The first-order valence-corrected chi connectivity index (χ1v) is 8.37. The van der Waals surface area contributed by atoms with Crippen molar-refractivity contribution in [1.82, 2.24) is 10.2 Å². The number of rotatable bonds is 5. The summed E-state index contributed by atoms with van der Waals surface area (Å²) in [6.07, 6.45) is 2.48. The molecule has 1 aromatic rings. The molecular weight excluding hydrogens is 316 g/mol. The summed E-state index contributed by atoms with van der Waals surface area (Å²) in [4.78, 5) is 26.3. The van der Waals surface area contributed by atoms with Crippen LogP contribution in [0.3, 0.4) is 0 Å². The molecule has 5 nitrogen and oxygen atoms in total. The smallest absolute Gasteiger partial charge is 0.261 e. The molecule has 0 saturated carbocycles. The Balaban J connectivity index is 1.87. The highest BCUT2D eigenvalue weighted by Gasteiger charge is 2.25. The Morgan fingerprint density at radius 1 is 1.17 bits per heavy atom. The lowest BCUT2D eigenvalue weighted by atomic mass is 10.1. The van der Waals surface area contributed by atoms with E-state index < -0.39 is 12.1 Å². The average Bonchev–Trinajstić information content (AvgIpc) is 2.56. The van der Waals surface area contributed by atoms with Gasteiger partial charge in [0.15, 0.2) is 6.10 Å². The summed E-state index contributed by atoms with van der Waals surface area (Å²) in [5, 5.41) is 3.17. The molecule has 2 atom stereocenters. The number of ether oxygens (including phenoxy) is 1. The maximum absolute atomic E-state index is 12.3. The van der Waals surface area contributed by atoms with Crippen LogP contribution in [0, 0.1) is 0 Å². The zero-order valence-corrected chi connectivity index (χ0v) is 14.3. The number of piperidine rings is 1. The van der Waals surface area contributed by atoms with Crippen molar-refractivity contribution in [3.63, 3.8) is 0 Å². The van der Waals surface area contributed by atoms with Crippen LogP contribution in [0.4, 0.5) is 0 Å². The van der Waals surface area contributed by atoms with Crippen LogP contribution in [0.2, 0.25) is 5.02 Å². The molecule has 0 aromatic heterocycles. The van der Waals surface area contributed by atoms with E-state index in [1.807, 2.05) is 4.90 Å². The number of carbonyl (C=O) groups excluding carboxylic acids is 2. The van der Waals surface area contributed by atoms with Crippen molar-refractivity contribution < 1.29 is 14.3 Å². The molecule has 2 unspecified atom stereocenters. The first-order chi connectivity index (χ1) is 11.0. The number of benzene rings is 1. The van der Waals surface area contributed by atoms with E-state index in [0.29, 0.717) is 10.8 Å². The summed E-state index contributed by atoms with van der Waals surface area (Å²) in [6.45, 7) is 4.88. The molecule has 1 aliphatic heterocycles. The van der Waals surface area contributed by atoms with Crippen molar-refractivity contribution >= 4 is 23.4 Å². The molecule has 0 spiro atoms. The van der Waals surface area contributed by atoms with Crippen LogP contribution in [-0.4, -0.2) is 41.9 Å². The summed E-state index contributed by atoms with van der Waals surface area (Å²) in [5.74, 6) is 0.0811. The summed E-state index contributed by atoms with van der Waals surface area (Å²) in [7, 11) is 0. The van der Waals surface area contributed by atoms with E-state index in [4.69, 9.17) is 16.3 Å². The molecule has 1 aromatic carbocycles. The second kappa shape index (κ2) is 8.20. The monoisotopic (exact) mass is 338 g/mol. The van der Waals surface area contributed by atoms with Crippen LogP contribution in [0.25, 0.3) is 0 Å². The fourth-order valence-electron chi connectivity index (χ4n) is 2.56. The van der Waals surface area contributed by atoms with Crippen LogP contribution >= 0.6 is 11.6 Å². The Labute approximate surface area is 141 Å². The van der Waals surface area contributed by atoms with Crippen molar-refractivity contribution in [2.75, 3.05) is 13.1 Å². The van der Waals surface area contributed by atoms with Crippen LogP contribution in [0.15, 0.2) is 24.3 Å². The minimum Gasteiger partial charge on any atom is -0.479 e. The molecule has 1 heterocycles. The van der Waals surface area contributed by atoms with Gasteiger partial charge < -0.3 is 15.0 Å². The summed E-state index contributed by atoms with van der Waals surface area (Å²) < 4.78 is 5.56. The molecule has 2 rings (SSSR count). The highest BCUT2D eigenvalue weighted by molar-refractivity contribution is 6.32. The van der Waals surface area contributed by atoms with Gasteiger partial charge in [-0.1, -0.05) is 23.7 Å². The van der Waals surface area contributed by atoms with Crippen LogP contribution in [-0.2, 0) is 9.59 Å². The molecule has 6 heteroatoms. The molecule has 126 valence electrons. The molecule has 23 heavy (non-hydrogen) atoms. The Kier molecular flexibility index (Phi) is 6.28. The van der Waals surface area contributed by atoms with E-state index >= 15 is 0 Å². The van der Waals surface area contributed by atoms with Gasteiger partial charge in [0.25, 0.3) is 5.91 Å². The van der Waals surface area contributed by atoms with Crippen molar-refractivity contribution in [3.05, 3.63) is 29.3 Å². The van der Waals surface area contributed by atoms with Gasteiger partial charge in [0.05, 0.1) is 5.02 Å². The number of amides is 2. The fourth-order valence-corrected chi connectivity index (χ4v) is 2.75. The number of hydrogen-bond acceptors (Lipinski definition) is 3. The Morgan fingerprint density at radius 2 is 1.83 bits per heavy atom. The normalized spacial score (nSPS) is 17.3. The average molecular weight is 339 g/mol. The van der Waals surface area contributed by atoms with Gasteiger partial charge in [-0.25, -0.2) is 0 Å². The van der Waals surface area contributed by atoms with Crippen LogP contribution < -0.4 is 10.1 Å². The number of para-hydroxylation sites is 1. The Morgan fingerprint density at radius 3 is 2.48 bits per heavy atom. The van der Waals surface area contributed by atoms with Crippen molar-refractivity contribution in [1.29, 1.82) is 0 Å². The highest BCUT2D eigenvalue weighted by atomic mass is 35.5. The van der Waals surface area contributed by atoms with Gasteiger partial charge >= 0.3 is 0 Å². The fraction of sp³-hybridized carbons (Fsp3) is 0.529. The van der Waals surface area contributed by atoms with Gasteiger partial charge in [0.2, 0.25) is 5.91 Å². The summed E-state index contributed by atoms with van der Waals surface area (Å²) >= 11 is 6.01. The summed E-state index contributed by atoms with van der Waals surface area (Å²) in [5.41, 5.74) is 0. The predicted octanol–water partition coefficient (Wildman–Crippen LogP) is 2.62. The Bertz CT molecular complexity index is 559. The van der Waals surface area contributed by atoms with E-state index in [-0.39, 0.29) is 11.8 Å². The van der Waals surface area contributed by atoms with Crippen LogP contribution in [0.1, 0.15) is 33.1 Å². The van der Waals surface area contributed by atoms with E-state index in [9.17, 15) is 9.59 Å². The van der Waals surface area contributed by atoms with Gasteiger partial charge in [-0.15, -0.1) is 0 Å². The molecule has 0 aliphatic carbocycles. The van der Waals surface area contributed by atoms with Gasteiger partial charge in [0, 0.05) is 13.1 Å². The van der Waals surface area contributed by atoms with E-state index in [1.54, 1.807) is 38.1 Å². The second-order valence-electron chi connectivity index (χ2n) is 5.81. The van der Waals surface area contributed by atoms with Gasteiger partial charge in [-0.05, 0) is 45.2 Å². The highest BCUT2D eigenvalue weighted by Crippen LogP contribution is 2.24. The Hall–Kier alpha value is -1.75. The molecule has 1 saturated heterocycles. The number of nitrogens with zero attached hydrogens (tertiary/aromatic N) is 1. The minimum atomic E-state index is -0.730. The minimum absolute atomic E-state index is 0.0389. The largest absolute Gasteiger partial charge is 0.479 e. The van der Waals surface area contributed by atoms with Gasteiger partial charge in [-0.3, -0.25) is 9.59 Å². The van der Waals surface area contributed by atoms with Crippen LogP contribution in [0.5, 0.6) is 5.75 Å². The lowest BCUT2D eigenvalue weighted by Gasteiger charge is -2.29. The quantitative estimate of drug-likeness (QED) is 0.897. The summed E-state index contributed by atoms with van der Waals surface area (Å²) in [6, 6.07) is 6.42. The first kappa shape index (κ1) is 17.6. The van der Waals surface area contributed by atoms with Gasteiger partial charge in [-0.2, -0.15) is 0 Å². The molecule has 0 radical (unpaired) electrons. The van der Waals surface area contributed by atoms with E-state index in [1.165, 1.54) is 0 Å². The third-order valence-corrected chi connectivity index (χ3v) is 4.22. The molecule has 1 fully saturated rings. The molecule has 2 amide bonds. The zero-order chi connectivity index (χ0) is 16.8. The lowest BCUT2D eigenvalue weighted by Crippen LogP contribution is -2.51. The van der Waals surface area contributed by atoms with E-state index in [0.717, 1.165) is 32.4 Å². The van der Waals surface area contributed by atoms with Crippen molar-refractivity contribution in [2.45, 2.75) is 45.3 Å². The van der Waals surface area contributed by atoms with Crippen molar-refractivity contribution in [3.8, 4) is 5.75 Å². The molecular formula is C17H23ClN2O3. The third-order valence-electron chi connectivity index (χ3n) is 3.91. The standard InChI is InChI=1S/C17H23ClN2O3/c1-12(17(22)20-10-6-3-7-11-20)19-16(21)13(2)23-15-9-5-4-8-14(15)18/h4-5,8-9,12-13H,3,6-7,10-11H2,1-2H3,(H,19,21). The number of nitrogens with one attached hydrogen (secondary N) is 1. The number of likely N-dealkylation sites (tertiary alicyclic amines) is 1. The number of carbonyl (C=O) groups is 2. The second-order valence-corrected chi connectivity index (χ2v) is 6.21. The SMILES string of the molecule is CC(NC(=O)C(C)Oc1ccccc1Cl)C(=O)N1CCCCC1. The van der Waals surface area contributed by atoms with E-state index in [2.05, 4.69) is 5.32 Å². The predicted molar refractivity (Wildman–Crippen MR) is 89.6 cm³/mol.